The third kappa shape index (κ3) is 5.82. The van der Waals surface area contributed by atoms with Crippen LogP contribution in [0.4, 0.5) is 4.79 Å². The van der Waals surface area contributed by atoms with Gasteiger partial charge in [0.2, 0.25) is 0 Å². The monoisotopic (exact) mass is 397 g/mol. The summed E-state index contributed by atoms with van der Waals surface area (Å²) in [6.45, 7) is 4.52. The number of carbonyl (C=O) groups is 2. The van der Waals surface area contributed by atoms with Crippen LogP contribution in [0, 0.1) is 0 Å². The number of likely N-dealkylation sites (N-methyl/N-ethyl adjacent to an activating group) is 1. The molecule has 0 aliphatic heterocycles. The molecular weight excluding hydrogens is 370 g/mol. The lowest BCUT2D eigenvalue weighted by Gasteiger charge is -2.42. The van der Waals surface area contributed by atoms with Crippen molar-refractivity contribution < 1.29 is 19.4 Å². The maximum atomic E-state index is 12.3. The topological polar surface area (TPSA) is 90.9 Å². The van der Waals surface area contributed by atoms with Crippen molar-refractivity contribution in [1.82, 2.24) is 15.5 Å². The van der Waals surface area contributed by atoms with E-state index in [9.17, 15) is 9.59 Å². The van der Waals surface area contributed by atoms with Crippen LogP contribution < -0.4 is 10.6 Å². The minimum Gasteiger partial charge on any atom is -0.480 e. The molecule has 2 rings (SSSR count). The van der Waals surface area contributed by atoms with Crippen LogP contribution in [0.2, 0.25) is 5.02 Å². The Morgan fingerprint density at radius 2 is 2.04 bits per heavy atom. The summed E-state index contributed by atoms with van der Waals surface area (Å²) in [6, 6.07) is 7.11. The fourth-order valence-corrected chi connectivity index (χ4v) is 3.74. The summed E-state index contributed by atoms with van der Waals surface area (Å²) in [5, 5.41) is 15.4. The molecule has 1 aromatic carbocycles. The van der Waals surface area contributed by atoms with Crippen LogP contribution in [-0.4, -0.2) is 60.3 Å². The number of hydrogen-bond donors (Lipinski definition) is 3. The zero-order valence-corrected chi connectivity index (χ0v) is 16.7. The number of nitrogens with one attached hydrogen (secondary N) is 2. The first-order valence-electron chi connectivity index (χ1n) is 9.15. The molecule has 0 radical (unpaired) electrons. The predicted octanol–water partition coefficient (Wildman–Crippen LogP) is 2.65. The molecule has 0 spiro atoms. The second-order valence-corrected chi connectivity index (χ2v) is 7.27. The first kappa shape index (κ1) is 21.5. The standard InChI is InChI=1S/C19H28ClN3O4/c1-4-23(11-17(24)25)14-9-13(10-14)22-19(26)21-12(2)18(27-3)15-7-5-6-8-16(15)20/h5-8,12-14,18H,4,9-11H2,1-3H3,(H,24,25)(H2,21,22,26). The number of carboxylic acids is 1. The van der Waals surface area contributed by atoms with Crippen LogP contribution in [0.15, 0.2) is 24.3 Å². The van der Waals surface area contributed by atoms with E-state index in [1.807, 2.05) is 36.9 Å². The number of carbonyl (C=O) groups excluding carboxylic acids is 1. The van der Waals surface area contributed by atoms with Gasteiger partial charge in [0.25, 0.3) is 0 Å². The zero-order valence-electron chi connectivity index (χ0n) is 15.9. The van der Waals surface area contributed by atoms with Gasteiger partial charge in [0.1, 0.15) is 6.10 Å². The van der Waals surface area contributed by atoms with Crippen LogP contribution >= 0.6 is 11.6 Å². The average Bonchev–Trinajstić information content (AvgIpc) is 2.58. The molecule has 7 nitrogen and oxygen atoms in total. The Morgan fingerprint density at radius 1 is 1.37 bits per heavy atom. The predicted molar refractivity (Wildman–Crippen MR) is 104 cm³/mol. The normalized spacial score (nSPS) is 21.2. The van der Waals surface area contributed by atoms with E-state index in [4.69, 9.17) is 21.4 Å². The van der Waals surface area contributed by atoms with Crippen molar-refractivity contribution >= 4 is 23.6 Å². The first-order chi connectivity index (χ1) is 12.8. The largest absolute Gasteiger partial charge is 0.480 e. The summed E-state index contributed by atoms with van der Waals surface area (Å²) in [6.07, 6.45) is 1.15. The van der Waals surface area contributed by atoms with E-state index in [-0.39, 0.29) is 36.8 Å². The minimum atomic E-state index is -0.829. The van der Waals surface area contributed by atoms with Crippen molar-refractivity contribution in [2.24, 2.45) is 0 Å². The Morgan fingerprint density at radius 3 is 2.59 bits per heavy atom. The second-order valence-electron chi connectivity index (χ2n) is 6.86. The van der Waals surface area contributed by atoms with Crippen molar-refractivity contribution in [3.8, 4) is 0 Å². The molecule has 2 unspecified atom stereocenters. The van der Waals surface area contributed by atoms with E-state index >= 15 is 0 Å². The van der Waals surface area contributed by atoms with Crippen molar-refractivity contribution in [2.75, 3.05) is 20.2 Å². The maximum absolute atomic E-state index is 12.3. The molecule has 150 valence electrons. The number of rotatable bonds is 9. The molecular formula is C19H28ClN3O4. The van der Waals surface area contributed by atoms with Crippen LogP contribution in [0.1, 0.15) is 38.4 Å². The molecule has 0 heterocycles. The van der Waals surface area contributed by atoms with E-state index in [1.165, 1.54) is 0 Å². The molecule has 0 saturated heterocycles. The Balaban J connectivity index is 1.82. The molecule has 0 aromatic heterocycles. The second kappa shape index (κ2) is 9.92. The van der Waals surface area contributed by atoms with E-state index < -0.39 is 5.97 Å². The Bertz CT molecular complexity index is 652. The Kier molecular flexibility index (Phi) is 7.89. The highest BCUT2D eigenvalue weighted by molar-refractivity contribution is 6.31. The van der Waals surface area contributed by atoms with Gasteiger partial charge in [-0.3, -0.25) is 9.69 Å². The maximum Gasteiger partial charge on any atom is 0.317 e. The summed E-state index contributed by atoms with van der Waals surface area (Å²) >= 11 is 6.23. The molecule has 8 heteroatoms. The van der Waals surface area contributed by atoms with Gasteiger partial charge in [0, 0.05) is 29.8 Å². The molecule has 1 fully saturated rings. The van der Waals surface area contributed by atoms with Gasteiger partial charge in [-0.25, -0.2) is 4.79 Å². The molecule has 2 atom stereocenters. The zero-order chi connectivity index (χ0) is 20.0. The van der Waals surface area contributed by atoms with Gasteiger partial charge in [-0.2, -0.15) is 0 Å². The minimum absolute atomic E-state index is 0.0322. The van der Waals surface area contributed by atoms with Gasteiger partial charge in [0.15, 0.2) is 0 Å². The lowest BCUT2D eigenvalue weighted by atomic mass is 9.85. The quantitative estimate of drug-likeness (QED) is 0.596. The van der Waals surface area contributed by atoms with Crippen molar-refractivity contribution in [2.45, 2.75) is 50.9 Å². The Labute approximate surface area is 165 Å². The van der Waals surface area contributed by atoms with Crippen LogP contribution in [0.3, 0.4) is 0 Å². The van der Waals surface area contributed by atoms with E-state index in [0.29, 0.717) is 11.6 Å². The lowest BCUT2D eigenvalue weighted by Crippen LogP contribution is -2.57. The van der Waals surface area contributed by atoms with Gasteiger partial charge in [-0.15, -0.1) is 0 Å². The number of carboxylic acid groups (broad SMARTS) is 1. The van der Waals surface area contributed by atoms with Gasteiger partial charge < -0.3 is 20.5 Å². The number of methoxy groups -OCH3 is 1. The summed E-state index contributed by atoms with van der Waals surface area (Å²) < 4.78 is 5.54. The van der Waals surface area contributed by atoms with E-state index in [1.54, 1.807) is 13.2 Å². The van der Waals surface area contributed by atoms with E-state index in [0.717, 1.165) is 18.4 Å². The van der Waals surface area contributed by atoms with Crippen molar-refractivity contribution in [3.63, 3.8) is 0 Å². The number of ether oxygens (including phenoxy) is 1. The first-order valence-corrected chi connectivity index (χ1v) is 9.53. The van der Waals surface area contributed by atoms with E-state index in [2.05, 4.69) is 10.6 Å². The smallest absolute Gasteiger partial charge is 0.317 e. The molecule has 27 heavy (non-hydrogen) atoms. The molecule has 1 aliphatic rings. The summed E-state index contributed by atoms with van der Waals surface area (Å²) in [4.78, 5) is 25.1. The molecule has 2 amide bonds. The lowest BCUT2D eigenvalue weighted by molar-refractivity contribution is -0.139. The Hall–Kier alpha value is -1.83. The van der Waals surface area contributed by atoms with Gasteiger partial charge in [-0.05, 0) is 32.4 Å². The number of urea groups is 1. The third-order valence-corrected chi connectivity index (χ3v) is 5.33. The molecule has 3 N–H and O–H groups in total. The number of benzene rings is 1. The highest BCUT2D eigenvalue weighted by atomic mass is 35.5. The van der Waals surface area contributed by atoms with Crippen molar-refractivity contribution in [3.05, 3.63) is 34.9 Å². The average molecular weight is 398 g/mol. The molecule has 1 aromatic rings. The summed E-state index contributed by atoms with van der Waals surface area (Å²) in [7, 11) is 1.59. The number of hydrogen-bond acceptors (Lipinski definition) is 4. The fourth-order valence-electron chi connectivity index (χ4n) is 3.49. The number of nitrogens with zero attached hydrogens (tertiary/aromatic N) is 1. The van der Waals surface area contributed by atoms with Gasteiger partial charge in [-0.1, -0.05) is 36.7 Å². The number of amides is 2. The molecule has 1 aliphatic carbocycles. The summed E-state index contributed by atoms with van der Waals surface area (Å²) in [5.41, 5.74) is 0.824. The van der Waals surface area contributed by atoms with Crippen LogP contribution in [0.25, 0.3) is 0 Å². The SMILES string of the molecule is CCN(CC(=O)O)C1CC(NC(=O)NC(C)C(OC)c2ccccc2Cl)C1. The third-order valence-electron chi connectivity index (χ3n) is 4.99. The number of aliphatic carboxylic acids is 1. The molecule has 0 bridgehead atoms. The van der Waals surface area contributed by atoms with Gasteiger partial charge >= 0.3 is 12.0 Å². The molecule has 1 saturated carbocycles. The highest BCUT2D eigenvalue weighted by Gasteiger charge is 2.35. The van der Waals surface area contributed by atoms with Gasteiger partial charge in [0.05, 0.1) is 12.6 Å². The van der Waals surface area contributed by atoms with Crippen LogP contribution in [-0.2, 0) is 9.53 Å². The van der Waals surface area contributed by atoms with Crippen LogP contribution in [0.5, 0.6) is 0 Å². The van der Waals surface area contributed by atoms with Crippen molar-refractivity contribution in [1.29, 1.82) is 0 Å². The fraction of sp³-hybridized carbons (Fsp3) is 0.579. The number of halogens is 1. The highest BCUT2D eigenvalue weighted by Crippen LogP contribution is 2.28. The summed E-state index contributed by atoms with van der Waals surface area (Å²) in [5.74, 6) is -0.829.